The summed E-state index contributed by atoms with van der Waals surface area (Å²) >= 11 is 0. The van der Waals surface area contributed by atoms with E-state index in [0.717, 1.165) is 51.6 Å². The first kappa shape index (κ1) is 21.1. The van der Waals surface area contributed by atoms with Crippen LogP contribution in [0.3, 0.4) is 0 Å². The molecular weight excluding hydrogens is 461 g/mol. The zero-order valence-electron chi connectivity index (χ0n) is 16.5. The van der Waals surface area contributed by atoms with Gasteiger partial charge in [-0.2, -0.15) is 0 Å². The van der Waals surface area contributed by atoms with Crippen LogP contribution in [0.15, 0.2) is 59.6 Å². The molecule has 2 atom stereocenters. The van der Waals surface area contributed by atoms with Gasteiger partial charge in [-0.05, 0) is 36.5 Å². The summed E-state index contributed by atoms with van der Waals surface area (Å²) in [5.74, 6) is 1.48. The summed E-state index contributed by atoms with van der Waals surface area (Å²) in [6.45, 7) is 6.62. The Morgan fingerprint density at radius 3 is 2.64 bits per heavy atom. The topological polar surface area (TPSA) is 36.9 Å². The van der Waals surface area contributed by atoms with E-state index in [2.05, 4.69) is 71.7 Å². The van der Waals surface area contributed by atoms with Gasteiger partial charge in [0.1, 0.15) is 0 Å². The maximum absolute atomic E-state index is 6.03. The summed E-state index contributed by atoms with van der Waals surface area (Å²) in [4.78, 5) is 7.41. The Bertz CT molecular complexity index is 780. The van der Waals surface area contributed by atoms with Crippen molar-refractivity contribution in [1.29, 1.82) is 0 Å². The van der Waals surface area contributed by atoms with Crippen molar-refractivity contribution in [1.82, 2.24) is 10.2 Å². The van der Waals surface area contributed by atoms with Crippen LogP contribution < -0.4 is 5.32 Å². The molecule has 150 valence electrons. The van der Waals surface area contributed by atoms with Gasteiger partial charge in [-0.1, -0.05) is 54.6 Å². The predicted molar refractivity (Wildman–Crippen MR) is 125 cm³/mol. The van der Waals surface area contributed by atoms with Gasteiger partial charge in [-0.15, -0.1) is 24.0 Å². The van der Waals surface area contributed by atoms with Crippen LogP contribution in [0, 0.1) is 5.92 Å². The molecule has 0 radical (unpaired) electrons. The molecular formula is C23H30IN3O. The molecule has 2 aliphatic heterocycles. The lowest BCUT2D eigenvalue weighted by Gasteiger charge is -2.32. The largest absolute Gasteiger partial charge is 0.373 e. The average molecular weight is 491 g/mol. The van der Waals surface area contributed by atoms with E-state index in [1.165, 1.54) is 16.7 Å². The van der Waals surface area contributed by atoms with Gasteiger partial charge in [0, 0.05) is 38.7 Å². The summed E-state index contributed by atoms with van der Waals surface area (Å²) in [6, 6.07) is 19.3. The van der Waals surface area contributed by atoms with Crippen molar-refractivity contribution in [2.45, 2.75) is 32.4 Å². The smallest absolute Gasteiger partial charge is 0.194 e. The Morgan fingerprint density at radius 1 is 1.11 bits per heavy atom. The number of guanidine groups is 1. The van der Waals surface area contributed by atoms with Crippen molar-refractivity contribution < 1.29 is 4.74 Å². The second-order valence-electron chi connectivity index (χ2n) is 7.39. The summed E-state index contributed by atoms with van der Waals surface area (Å²) in [5.41, 5.74) is 4.16. The third-order valence-electron chi connectivity index (χ3n) is 5.58. The molecule has 2 aromatic rings. The van der Waals surface area contributed by atoms with Gasteiger partial charge in [-0.25, -0.2) is 0 Å². The summed E-state index contributed by atoms with van der Waals surface area (Å²) in [6.07, 6.45) is 2.32. The van der Waals surface area contributed by atoms with Crippen LogP contribution in [0.1, 0.15) is 36.1 Å². The van der Waals surface area contributed by atoms with Crippen molar-refractivity contribution in [3.63, 3.8) is 0 Å². The van der Waals surface area contributed by atoms with Crippen LogP contribution >= 0.6 is 24.0 Å². The molecule has 2 unspecified atom stereocenters. The summed E-state index contributed by atoms with van der Waals surface area (Å²) < 4.78 is 6.03. The molecule has 0 bridgehead atoms. The lowest BCUT2D eigenvalue weighted by atomic mass is 9.95. The van der Waals surface area contributed by atoms with Crippen LogP contribution in [0.4, 0.5) is 0 Å². The first-order valence-electron chi connectivity index (χ1n) is 10.1. The Kier molecular flexibility index (Phi) is 7.73. The SMILES string of the molecule is CCNC(=NCC1CCOC1c1ccccc1)N1CCc2ccccc2C1.I. The predicted octanol–water partition coefficient (Wildman–Crippen LogP) is 4.41. The molecule has 0 aromatic heterocycles. The second-order valence-corrected chi connectivity index (χ2v) is 7.39. The van der Waals surface area contributed by atoms with E-state index >= 15 is 0 Å². The second kappa shape index (κ2) is 10.3. The highest BCUT2D eigenvalue weighted by molar-refractivity contribution is 14.0. The van der Waals surface area contributed by atoms with E-state index in [0.29, 0.717) is 5.92 Å². The summed E-state index contributed by atoms with van der Waals surface area (Å²) in [5, 5.41) is 3.50. The minimum absolute atomic E-state index is 0. The molecule has 28 heavy (non-hydrogen) atoms. The van der Waals surface area contributed by atoms with Crippen molar-refractivity contribution >= 4 is 29.9 Å². The normalized spacial score (nSPS) is 21.8. The fraction of sp³-hybridized carbons (Fsp3) is 0.435. The number of halogens is 1. The number of rotatable bonds is 4. The number of hydrogen-bond acceptors (Lipinski definition) is 2. The van der Waals surface area contributed by atoms with E-state index in [-0.39, 0.29) is 30.1 Å². The Balaban J connectivity index is 0.00000225. The standard InChI is InChI=1S/C23H29N3O.HI/c1-2-24-23(26-14-12-18-8-6-7-11-21(18)17-26)25-16-20-13-15-27-22(20)19-9-4-3-5-10-19;/h3-11,20,22H,2,12-17H2,1H3,(H,24,25);1H. The molecule has 2 aliphatic rings. The van der Waals surface area contributed by atoms with Gasteiger partial charge in [0.05, 0.1) is 6.10 Å². The lowest BCUT2D eigenvalue weighted by molar-refractivity contribution is 0.0925. The van der Waals surface area contributed by atoms with Gasteiger partial charge < -0.3 is 15.0 Å². The van der Waals surface area contributed by atoms with Gasteiger partial charge >= 0.3 is 0 Å². The fourth-order valence-corrected chi connectivity index (χ4v) is 4.14. The van der Waals surface area contributed by atoms with E-state index in [9.17, 15) is 0 Å². The van der Waals surface area contributed by atoms with Crippen LogP contribution in [-0.2, 0) is 17.7 Å². The number of ether oxygens (including phenoxy) is 1. The molecule has 0 spiro atoms. The van der Waals surface area contributed by atoms with E-state index in [4.69, 9.17) is 9.73 Å². The summed E-state index contributed by atoms with van der Waals surface area (Å²) in [7, 11) is 0. The minimum Gasteiger partial charge on any atom is -0.373 e. The number of aliphatic imine (C=N–C) groups is 1. The lowest BCUT2D eigenvalue weighted by Crippen LogP contribution is -2.44. The third kappa shape index (κ3) is 4.87. The van der Waals surface area contributed by atoms with Crippen molar-refractivity contribution in [3.05, 3.63) is 71.3 Å². The van der Waals surface area contributed by atoms with E-state index < -0.39 is 0 Å². The molecule has 1 saturated heterocycles. The molecule has 0 amide bonds. The zero-order valence-corrected chi connectivity index (χ0v) is 18.8. The van der Waals surface area contributed by atoms with E-state index in [1.807, 2.05) is 0 Å². The van der Waals surface area contributed by atoms with Gasteiger partial charge in [0.2, 0.25) is 0 Å². The monoisotopic (exact) mass is 491 g/mol. The fourth-order valence-electron chi connectivity index (χ4n) is 4.14. The van der Waals surface area contributed by atoms with Gasteiger partial charge in [0.15, 0.2) is 5.96 Å². The molecule has 2 heterocycles. The molecule has 0 aliphatic carbocycles. The minimum atomic E-state index is 0. The Labute approximate surface area is 185 Å². The molecule has 1 N–H and O–H groups in total. The van der Waals surface area contributed by atoms with Crippen LogP contribution in [-0.4, -0.2) is 37.1 Å². The molecule has 2 aromatic carbocycles. The molecule has 4 nitrogen and oxygen atoms in total. The molecule has 0 saturated carbocycles. The Morgan fingerprint density at radius 2 is 1.86 bits per heavy atom. The first-order valence-corrected chi connectivity index (χ1v) is 10.1. The highest BCUT2D eigenvalue weighted by Crippen LogP contribution is 2.34. The number of hydrogen-bond donors (Lipinski definition) is 1. The number of nitrogens with zero attached hydrogens (tertiary/aromatic N) is 2. The molecule has 5 heteroatoms. The van der Waals surface area contributed by atoms with E-state index in [1.54, 1.807) is 0 Å². The average Bonchev–Trinajstić information content (AvgIpc) is 3.20. The quantitative estimate of drug-likeness (QED) is 0.391. The highest BCUT2D eigenvalue weighted by atomic mass is 127. The van der Waals surface area contributed by atoms with Crippen molar-refractivity contribution in [2.24, 2.45) is 10.9 Å². The van der Waals surface area contributed by atoms with Crippen LogP contribution in [0.25, 0.3) is 0 Å². The maximum atomic E-state index is 6.03. The number of nitrogens with one attached hydrogen (secondary N) is 1. The van der Waals surface area contributed by atoms with Crippen molar-refractivity contribution in [2.75, 3.05) is 26.2 Å². The molecule has 1 fully saturated rings. The van der Waals surface area contributed by atoms with Crippen LogP contribution in [0.2, 0.25) is 0 Å². The first-order chi connectivity index (χ1) is 13.3. The Hall–Kier alpha value is -1.60. The zero-order chi connectivity index (χ0) is 18.5. The number of benzene rings is 2. The maximum Gasteiger partial charge on any atom is 0.194 e. The van der Waals surface area contributed by atoms with Gasteiger partial charge in [0.25, 0.3) is 0 Å². The number of fused-ring (bicyclic) bond motifs is 1. The van der Waals surface area contributed by atoms with Gasteiger partial charge in [-0.3, -0.25) is 4.99 Å². The highest BCUT2D eigenvalue weighted by Gasteiger charge is 2.29. The third-order valence-corrected chi connectivity index (χ3v) is 5.58. The molecule has 4 rings (SSSR count). The van der Waals surface area contributed by atoms with Crippen LogP contribution in [0.5, 0.6) is 0 Å². The van der Waals surface area contributed by atoms with Crippen molar-refractivity contribution in [3.8, 4) is 0 Å².